The smallest absolute Gasteiger partial charge is 0.227 e. The molecule has 0 saturated carbocycles. The first-order valence-corrected chi connectivity index (χ1v) is 10.4. The van der Waals surface area contributed by atoms with Crippen molar-refractivity contribution in [2.75, 3.05) is 17.7 Å². The fourth-order valence-electron chi connectivity index (χ4n) is 4.10. The second-order valence-electron chi connectivity index (χ2n) is 7.05. The Balaban J connectivity index is 1.72. The van der Waals surface area contributed by atoms with Gasteiger partial charge in [0.1, 0.15) is 0 Å². The van der Waals surface area contributed by atoms with Gasteiger partial charge in [0.05, 0.1) is 0 Å². The summed E-state index contributed by atoms with van der Waals surface area (Å²) < 4.78 is 3.60. The number of amides is 1. The second kappa shape index (κ2) is 7.41. The van der Waals surface area contributed by atoms with Crippen molar-refractivity contribution >= 4 is 23.5 Å². The maximum absolute atomic E-state index is 11.9. The fraction of sp³-hybridized carbons (Fsp3) is 0.429. The summed E-state index contributed by atoms with van der Waals surface area (Å²) in [4.78, 5) is 18.3. The summed E-state index contributed by atoms with van der Waals surface area (Å²) >= 11 is 1.78. The minimum absolute atomic E-state index is 0.200. The molecule has 4 nitrogen and oxygen atoms in total. The van der Waals surface area contributed by atoms with Crippen molar-refractivity contribution in [1.29, 1.82) is 0 Å². The molecule has 0 saturated heterocycles. The van der Waals surface area contributed by atoms with Crippen molar-refractivity contribution in [2.45, 2.75) is 45.1 Å². The number of rotatable bonds is 4. The third-order valence-corrected chi connectivity index (χ3v) is 6.23. The van der Waals surface area contributed by atoms with Crippen molar-refractivity contribution in [3.63, 3.8) is 0 Å². The molecule has 1 aromatic heterocycles. The molecule has 1 aromatic carbocycles. The highest BCUT2D eigenvalue weighted by molar-refractivity contribution is 7.97. The lowest BCUT2D eigenvalue weighted by molar-refractivity contribution is -0.118. The molecule has 1 amide bonds. The van der Waals surface area contributed by atoms with Crippen LogP contribution in [-0.4, -0.2) is 23.7 Å². The third kappa shape index (κ3) is 3.14. The van der Waals surface area contributed by atoms with Crippen molar-refractivity contribution in [2.24, 2.45) is 0 Å². The molecule has 1 aliphatic carbocycles. The zero-order valence-electron chi connectivity index (χ0n) is 15.4. The van der Waals surface area contributed by atoms with Gasteiger partial charge >= 0.3 is 0 Å². The van der Waals surface area contributed by atoms with Crippen LogP contribution in [0.2, 0.25) is 0 Å². The van der Waals surface area contributed by atoms with E-state index in [0.29, 0.717) is 12.5 Å². The number of aryl methyl sites for hydroxylation is 1. The van der Waals surface area contributed by atoms with Gasteiger partial charge < -0.3 is 4.90 Å². The molecule has 5 heteroatoms. The van der Waals surface area contributed by atoms with Gasteiger partial charge in [0, 0.05) is 48.9 Å². The number of pyridine rings is 1. The van der Waals surface area contributed by atoms with E-state index in [1.807, 2.05) is 19.4 Å². The number of carbonyl (C=O) groups excluding carboxylic acids is 1. The number of benzene rings is 1. The predicted octanol–water partition coefficient (Wildman–Crippen LogP) is 4.29. The summed E-state index contributed by atoms with van der Waals surface area (Å²) in [6.45, 7) is 2.17. The van der Waals surface area contributed by atoms with Crippen LogP contribution in [0.4, 0.5) is 5.69 Å². The zero-order chi connectivity index (χ0) is 18.1. The van der Waals surface area contributed by atoms with Crippen LogP contribution in [0.25, 0.3) is 11.1 Å². The lowest BCUT2D eigenvalue weighted by atomic mass is 9.84. The molecule has 26 heavy (non-hydrogen) atoms. The molecule has 0 bridgehead atoms. The molecule has 1 aliphatic heterocycles. The lowest BCUT2D eigenvalue weighted by Crippen LogP contribution is -2.31. The van der Waals surface area contributed by atoms with Crippen LogP contribution >= 0.6 is 11.9 Å². The van der Waals surface area contributed by atoms with Gasteiger partial charge in [-0.2, -0.15) is 0 Å². The first kappa shape index (κ1) is 17.6. The van der Waals surface area contributed by atoms with Gasteiger partial charge in [-0.25, -0.2) is 0 Å². The number of aromatic nitrogens is 1. The van der Waals surface area contributed by atoms with Crippen LogP contribution in [0.5, 0.6) is 0 Å². The van der Waals surface area contributed by atoms with E-state index in [1.54, 1.807) is 16.8 Å². The molecule has 2 heterocycles. The van der Waals surface area contributed by atoms with E-state index in [2.05, 4.69) is 34.8 Å². The van der Waals surface area contributed by atoms with E-state index in [9.17, 15) is 4.79 Å². The Morgan fingerprint density at radius 1 is 1.27 bits per heavy atom. The summed E-state index contributed by atoms with van der Waals surface area (Å²) in [7, 11) is 1.87. The molecule has 136 valence electrons. The fourth-order valence-corrected chi connectivity index (χ4v) is 4.71. The number of anilines is 1. The quantitative estimate of drug-likeness (QED) is 0.819. The molecule has 1 unspecified atom stereocenters. The number of nitrogens with zero attached hydrogens (tertiary/aromatic N) is 2. The SMILES string of the molecule is CCSNC1CCCc2c(-c3ccc4c(c3)CCC(=O)N4C)cncc21. The van der Waals surface area contributed by atoms with E-state index >= 15 is 0 Å². The maximum Gasteiger partial charge on any atom is 0.227 e. The zero-order valence-corrected chi connectivity index (χ0v) is 16.2. The summed E-state index contributed by atoms with van der Waals surface area (Å²) in [5.74, 6) is 1.27. The topological polar surface area (TPSA) is 45.2 Å². The third-order valence-electron chi connectivity index (χ3n) is 5.49. The Kier molecular flexibility index (Phi) is 5.00. The normalized spacial score (nSPS) is 19.2. The van der Waals surface area contributed by atoms with Crippen LogP contribution in [-0.2, 0) is 17.6 Å². The Morgan fingerprint density at radius 2 is 2.15 bits per heavy atom. The van der Waals surface area contributed by atoms with Crippen molar-refractivity contribution in [1.82, 2.24) is 9.71 Å². The van der Waals surface area contributed by atoms with Gasteiger partial charge in [-0.05, 0) is 60.1 Å². The molecule has 2 aromatic rings. The van der Waals surface area contributed by atoms with Gasteiger partial charge in [-0.3, -0.25) is 14.5 Å². The van der Waals surface area contributed by atoms with Crippen molar-refractivity contribution < 1.29 is 4.79 Å². The Hall–Kier alpha value is -1.85. The van der Waals surface area contributed by atoms with Gasteiger partial charge in [-0.15, -0.1) is 0 Å². The van der Waals surface area contributed by atoms with Crippen molar-refractivity contribution in [3.8, 4) is 11.1 Å². The summed E-state index contributed by atoms with van der Waals surface area (Å²) in [5.41, 5.74) is 7.55. The highest BCUT2D eigenvalue weighted by atomic mass is 32.2. The number of carbonyl (C=O) groups is 1. The average molecular weight is 368 g/mol. The molecular formula is C21H25N3OS. The van der Waals surface area contributed by atoms with Gasteiger partial charge in [-0.1, -0.05) is 24.9 Å². The van der Waals surface area contributed by atoms with E-state index < -0.39 is 0 Å². The largest absolute Gasteiger partial charge is 0.315 e. The van der Waals surface area contributed by atoms with E-state index in [-0.39, 0.29) is 5.91 Å². The second-order valence-corrected chi connectivity index (χ2v) is 8.15. The van der Waals surface area contributed by atoms with Crippen LogP contribution in [0.3, 0.4) is 0 Å². The molecule has 2 aliphatic rings. The van der Waals surface area contributed by atoms with Gasteiger partial charge in [0.15, 0.2) is 0 Å². The molecule has 1 N–H and O–H groups in total. The molecule has 0 fully saturated rings. The maximum atomic E-state index is 11.9. The Bertz CT molecular complexity index is 836. The summed E-state index contributed by atoms with van der Waals surface area (Å²) in [6, 6.07) is 6.88. The highest BCUT2D eigenvalue weighted by Gasteiger charge is 2.25. The minimum Gasteiger partial charge on any atom is -0.315 e. The first-order valence-electron chi connectivity index (χ1n) is 9.43. The van der Waals surface area contributed by atoms with E-state index in [1.165, 1.54) is 40.7 Å². The van der Waals surface area contributed by atoms with E-state index in [4.69, 9.17) is 0 Å². The van der Waals surface area contributed by atoms with Crippen LogP contribution < -0.4 is 9.62 Å². The molecule has 4 rings (SSSR count). The van der Waals surface area contributed by atoms with Crippen LogP contribution in [0.15, 0.2) is 30.6 Å². The predicted molar refractivity (Wildman–Crippen MR) is 108 cm³/mol. The number of hydrogen-bond acceptors (Lipinski definition) is 4. The first-order chi connectivity index (χ1) is 12.7. The average Bonchev–Trinajstić information content (AvgIpc) is 2.68. The number of nitrogens with one attached hydrogen (secondary N) is 1. The van der Waals surface area contributed by atoms with Crippen LogP contribution in [0.1, 0.15) is 48.9 Å². The molecule has 1 atom stereocenters. The summed E-state index contributed by atoms with van der Waals surface area (Å²) in [6.07, 6.45) is 8.95. The molecular weight excluding hydrogens is 342 g/mol. The lowest BCUT2D eigenvalue weighted by Gasteiger charge is -2.28. The molecule has 0 radical (unpaired) electrons. The number of hydrogen-bond donors (Lipinski definition) is 1. The van der Waals surface area contributed by atoms with Gasteiger partial charge in [0.2, 0.25) is 5.91 Å². The van der Waals surface area contributed by atoms with Gasteiger partial charge in [0.25, 0.3) is 0 Å². The van der Waals surface area contributed by atoms with Crippen LogP contribution in [0, 0.1) is 0 Å². The minimum atomic E-state index is 0.200. The Labute approximate surface area is 159 Å². The highest BCUT2D eigenvalue weighted by Crippen LogP contribution is 2.38. The summed E-state index contributed by atoms with van der Waals surface area (Å²) in [5, 5.41) is 0. The van der Waals surface area contributed by atoms with E-state index in [0.717, 1.165) is 24.3 Å². The standard InChI is InChI=1S/C21H25N3OS/c1-3-26-23-19-6-4-5-16-17(12-22-13-18(16)19)14-7-9-20-15(11-14)8-10-21(25)24(20)2/h7,9,11-13,19,23H,3-6,8,10H2,1-2H3. The number of fused-ring (bicyclic) bond motifs is 2. The Morgan fingerprint density at radius 3 is 3.00 bits per heavy atom. The van der Waals surface area contributed by atoms with Crippen molar-refractivity contribution in [3.05, 3.63) is 47.3 Å². The monoisotopic (exact) mass is 367 g/mol. The molecule has 0 spiro atoms.